The summed E-state index contributed by atoms with van der Waals surface area (Å²) in [6, 6.07) is 14.7. The van der Waals surface area contributed by atoms with E-state index in [2.05, 4.69) is 70.3 Å². The molecule has 2 rings (SSSR count). The Morgan fingerprint density at radius 1 is 1.12 bits per heavy atom. The average molecular weight is 295 g/mol. The number of benzene rings is 1. The topological polar surface area (TPSA) is 14.1 Å². The van der Waals surface area contributed by atoms with E-state index < -0.39 is 0 Å². The summed E-state index contributed by atoms with van der Waals surface area (Å²) in [5.41, 5.74) is 2.46. The summed E-state index contributed by atoms with van der Waals surface area (Å²) in [7, 11) is 0. The first-order valence-electron chi connectivity index (χ1n) is 5.10. The molecular formula is C13H13BrNS+. The van der Waals surface area contributed by atoms with Crippen LogP contribution >= 0.6 is 27.7 Å². The molecule has 1 nitrogen and oxygen atoms in total. The van der Waals surface area contributed by atoms with Gasteiger partial charge in [-0.1, -0.05) is 15.9 Å². The number of aryl methyl sites for hydroxylation is 1. The summed E-state index contributed by atoms with van der Waals surface area (Å²) in [4.78, 5) is 4.65. The molecule has 0 aliphatic carbocycles. The SMILES string of the molecule is Cc1cccc(CSc2ccc(Br)cc2)[nH+]1. The second-order valence-corrected chi connectivity index (χ2v) is 5.57. The molecule has 1 heterocycles. The summed E-state index contributed by atoms with van der Waals surface area (Å²) in [5, 5.41) is 0. The second-order valence-electron chi connectivity index (χ2n) is 3.60. The van der Waals surface area contributed by atoms with Gasteiger partial charge in [0.15, 0.2) is 11.4 Å². The number of rotatable bonds is 3. The fraction of sp³-hybridized carbons (Fsp3) is 0.154. The van der Waals surface area contributed by atoms with Gasteiger partial charge in [0.25, 0.3) is 0 Å². The Morgan fingerprint density at radius 3 is 2.56 bits per heavy atom. The number of nitrogens with one attached hydrogen (secondary N) is 1. The van der Waals surface area contributed by atoms with Crippen molar-refractivity contribution in [2.75, 3.05) is 0 Å². The molecule has 0 bridgehead atoms. The van der Waals surface area contributed by atoms with Gasteiger partial charge in [0.2, 0.25) is 0 Å². The standard InChI is InChI=1S/C13H12BrNS/c1-10-3-2-4-12(15-10)9-16-13-7-5-11(14)6-8-13/h2-8H,9H2,1H3/p+1. The lowest BCUT2D eigenvalue weighted by atomic mass is 10.3. The highest BCUT2D eigenvalue weighted by atomic mass is 79.9. The molecule has 2 aromatic rings. The van der Waals surface area contributed by atoms with Crippen LogP contribution in [0.5, 0.6) is 0 Å². The normalized spacial score (nSPS) is 10.4. The number of hydrogen-bond acceptors (Lipinski definition) is 1. The van der Waals surface area contributed by atoms with Gasteiger partial charge in [-0.25, -0.2) is 4.98 Å². The van der Waals surface area contributed by atoms with Crippen LogP contribution < -0.4 is 4.98 Å². The summed E-state index contributed by atoms with van der Waals surface area (Å²) in [6.07, 6.45) is 0. The number of aromatic nitrogens is 1. The molecule has 1 aromatic heterocycles. The predicted molar refractivity (Wildman–Crippen MR) is 71.4 cm³/mol. The largest absolute Gasteiger partial charge is 0.212 e. The van der Waals surface area contributed by atoms with Crippen LogP contribution in [-0.2, 0) is 5.75 Å². The third-order valence-electron chi connectivity index (χ3n) is 2.21. The highest BCUT2D eigenvalue weighted by Crippen LogP contribution is 2.22. The van der Waals surface area contributed by atoms with Crippen molar-refractivity contribution in [3.63, 3.8) is 0 Å². The van der Waals surface area contributed by atoms with Crippen LogP contribution in [0.2, 0.25) is 0 Å². The van der Waals surface area contributed by atoms with E-state index in [4.69, 9.17) is 0 Å². The molecule has 1 N–H and O–H groups in total. The molecule has 0 aliphatic rings. The van der Waals surface area contributed by atoms with E-state index in [1.54, 1.807) is 0 Å². The minimum absolute atomic E-state index is 0.976. The third kappa shape index (κ3) is 3.35. The van der Waals surface area contributed by atoms with E-state index in [0.29, 0.717) is 0 Å². The minimum Gasteiger partial charge on any atom is -0.212 e. The van der Waals surface area contributed by atoms with E-state index in [1.807, 2.05) is 11.8 Å². The lowest BCUT2D eigenvalue weighted by Crippen LogP contribution is -2.12. The van der Waals surface area contributed by atoms with Crippen LogP contribution in [-0.4, -0.2) is 0 Å². The lowest BCUT2D eigenvalue weighted by molar-refractivity contribution is -0.397. The number of halogens is 1. The maximum atomic E-state index is 3.44. The zero-order chi connectivity index (χ0) is 11.4. The smallest absolute Gasteiger partial charge is 0.190 e. The van der Waals surface area contributed by atoms with Gasteiger partial charge < -0.3 is 0 Å². The molecule has 0 spiro atoms. The molecule has 0 atom stereocenters. The van der Waals surface area contributed by atoms with Crippen molar-refractivity contribution >= 4 is 27.7 Å². The highest BCUT2D eigenvalue weighted by molar-refractivity contribution is 9.10. The van der Waals surface area contributed by atoms with Crippen molar-refractivity contribution in [3.05, 3.63) is 58.3 Å². The molecule has 82 valence electrons. The van der Waals surface area contributed by atoms with Crippen LogP contribution in [0.15, 0.2) is 51.8 Å². The van der Waals surface area contributed by atoms with Crippen molar-refractivity contribution in [1.82, 2.24) is 0 Å². The summed E-state index contributed by atoms with van der Waals surface area (Å²) in [5.74, 6) is 0.976. The zero-order valence-electron chi connectivity index (χ0n) is 9.03. The molecule has 0 saturated heterocycles. The number of H-pyrrole nitrogens is 1. The van der Waals surface area contributed by atoms with E-state index in [0.717, 1.165) is 10.2 Å². The highest BCUT2D eigenvalue weighted by Gasteiger charge is 2.03. The van der Waals surface area contributed by atoms with E-state index >= 15 is 0 Å². The number of pyridine rings is 1. The second kappa shape index (κ2) is 5.51. The van der Waals surface area contributed by atoms with E-state index in [1.165, 1.54) is 16.3 Å². The van der Waals surface area contributed by atoms with Crippen LogP contribution in [0.1, 0.15) is 11.4 Å². The quantitative estimate of drug-likeness (QED) is 0.784. The van der Waals surface area contributed by atoms with E-state index in [9.17, 15) is 0 Å². The molecule has 0 unspecified atom stereocenters. The molecule has 0 fully saturated rings. The van der Waals surface area contributed by atoms with Gasteiger partial charge in [-0.15, -0.1) is 11.8 Å². The van der Waals surface area contributed by atoms with E-state index in [-0.39, 0.29) is 0 Å². The van der Waals surface area contributed by atoms with Crippen LogP contribution in [0, 0.1) is 6.92 Å². The number of thioether (sulfide) groups is 1. The Kier molecular flexibility index (Phi) is 4.02. The monoisotopic (exact) mass is 294 g/mol. The number of aromatic amines is 1. The van der Waals surface area contributed by atoms with Gasteiger partial charge >= 0.3 is 0 Å². The summed E-state index contributed by atoms with van der Waals surface area (Å²) in [6.45, 7) is 2.08. The zero-order valence-corrected chi connectivity index (χ0v) is 11.4. The fourth-order valence-electron chi connectivity index (χ4n) is 1.42. The predicted octanol–water partition coefficient (Wildman–Crippen LogP) is 3.86. The van der Waals surface area contributed by atoms with Crippen molar-refractivity contribution in [2.24, 2.45) is 0 Å². The molecule has 0 amide bonds. The van der Waals surface area contributed by atoms with Crippen molar-refractivity contribution in [1.29, 1.82) is 0 Å². The van der Waals surface area contributed by atoms with Crippen molar-refractivity contribution in [2.45, 2.75) is 17.6 Å². The van der Waals surface area contributed by atoms with Gasteiger partial charge in [-0.05, 0) is 30.3 Å². The van der Waals surface area contributed by atoms with Crippen molar-refractivity contribution < 1.29 is 4.98 Å². The Hall–Kier alpha value is -0.800. The minimum atomic E-state index is 0.976. The Balaban J connectivity index is 1.99. The molecule has 0 aliphatic heterocycles. The van der Waals surface area contributed by atoms with Gasteiger partial charge in [-0.3, -0.25) is 0 Å². The molecule has 0 saturated carbocycles. The first-order valence-corrected chi connectivity index (χ1v) is 6.88. The number of hydrogen-bond donors (Lipinski definition) is 0. The molecule has 3 heteroatoms. The van der Waals surface area contributed by atoms with Crippen molar-refractivity contribution in [3.8, 4) is 0 Å². The van der Waals surface area contributed by atoms with Gasteiger partial charge in [-0.2, -0.15) is 0 Å². The average Bonchev–Trinajstić information content (AvgIpc) is 2.28. The van der Waals surface area contributed by atoms with Crippen LogP contribution in [0.25, 0.3) is 0 Å². The Bertz CT molecular complexity index is 468. The maximum Gasteiger partial charge on any atom is 0.190 e. The lowest BCUT2D eigenvalue weighted by Gasteiger charge is -1.99. The first-order chi connectivity index (χ1) is 7.74. The summed E-state index contributed by atoms with van der Waals surface area (Å²) < 4.78 is 1.12. The van der Waals surface area contributed by atoms with Crippen LogP contribution in [0.3, 0.4) is 0 Å². The molecule has 16 heavy (non-hydrogen) atoms. The fourth-order valence-corrected chi connectivity index (χ4v) is 2.50. The maximum absolute atomic E-state index is 3.44. The molecule has 0 radical (unpaired) electrons. The Morgan fingerprint density at radius 2 is 1.88 bits per heavy atom. The third-order valence-corrected chi connectivity index (χ3v) is 3.80. The van der Waals surface area contributed by atoms with Gasteiger partial charge in [0.1, 0.15) is 0 Å². The van der Waals surface area contributed by atoms with Gasteiger partial charge in [0.05, 0.1) is 5.75 Å². The van der Waals surface area contributed by atoms with Crippen LogP contribution in [0.4, 0.5) is 0 Å². The molecule has 1 aromatic carbocycles. The Labute approximate surface area is 108 Å². The van der Waals surface area contributed by atoms with Gasteiger partial charge in [0, 0.05) is 28.4 Å². The molecular weight excluding hydrogens is 282 g/mol. The summed E-state index contributed by atoms with van der Waals surface area (Å²) >= 11 is 5.27. The first kappa shape index (κ1) is 11.7.